The Hall–Kier alpha value is -1.76. The second-order valence-corrected chi connectivity index (χ2v) is 9.90. The predicted octanol–water partition coefficient (Wildman–Crippen LogP) is 6.67. The van der Waals surface area contributed by atoms with E-state index in [-0.39, 0.29) is 16.2 Å². The Bertz CT molecular complexity index is 665. The Balaban J connectivity index is 2.38. The quantitative estimate of drug-likeness (QED) is 0.657. The van der Waals surface area contributed by atoms with Crippen LogP contribution in [0.15, 0.2) is 48.5 Å². The van der Waals surface area contributed by atoms with E-state index in [1.54, 1.807) is 0 Å². The van der Waals surface area contributed by atoms with Gasteiger partial charge in [0, 0.05) is 17.6 Å². The van der Waals surface area contributed by atoms with Crippen LogP contribution in [0.1, 0.15) is 72.1 Å². The zero-order valence-corrected chi connectivity index (χ0v) is 17.3. The SMILES string of the molecule is CC(C)(C)c1cc(C(C)(C)C)cc(C(C)(C)CNc2ccccc2)c1. The van der Waals surface area contributed by atoms with E-state index in [2.05, 4.69) is 109 Å². The van der Waals surface area contributed by atoms with Crippen molar-refractivity contribution in [2.75, 3.05) is 11.9 Å². The van der Waals surface area contributed by atoms with E-state index in [0.717, 1.165) is 6.54 Å². The molecule has 0 amide bonds. The van der Waals surface area contributed by atoms with Gasteiger partial charge in [0.1, 0.15) is 0 Å². The molecule has 1 N–H and O–H groups in total. The summed E-state index contributed by atoms with van der Waals surface area (Å²) in [6, 6.07) is 17.7. The highest BCUT2D eigenvalue weighted by Crippen LogP contribution is 2.34. The molecule has 2 aromatic rings. The number of para-hydroxylation sites is 1. The molecule has 0 aromatic heterocycles. The van der Waals surface area contributed by atoms with Gasteiger partial charge in [0.2, 0.25) is 0 Å². The van der Waals surface area contributed by atoms with Crippen molar-refractivity contribution in [3.63, 3.8) is 0 Å². The van der Waals surface area contributed by atoms with Gasteiger partial charge in [0.05, 0.1) is 0 Å². The first kappa shape index (κ1) is 19.6. The van der Waals surface area contributed by atoms with E-state index in [0.29, 0.717) is 0 Å². The molecule has 0 saturated carbocycles. The molecule has 0 saturated heterocycles. The maximum absolute atomic E-state index is 3.60. The topological polar surface area (TPSA) is 12.0 Å². The first-order chi connectivity index (χ1) is 11.4. The molecule has 0 bridgehead atoms. The first-order valence-corrected chi connectivity index (χ1v) is 9.35. The van der Waals surface area contributed by atoms with Crippen LogP contribution in [0.25, 0.3) is 0 Å². The zero-order chi connectivity index (χ0) is 18.9. The van der Waals surface area contributed by atoms with Crippen molar-refractivity contribution in [1.82, 2.24) is 0 Å². The van der Waals surface area contributed by atoms with Gasteiger partial charge in [-0.3, -0.25) is 0 Å². The minimum absolute atomic E-state index is 0.0527. The summed E-state index contributed by atoms with van der Waals surface area (Å²) < 4.78 is 0. The summed E-state index contributed by atoms with van der Waals surface area (Å²) in [7, 11) is 0. The standard InChI is InChI=1S/C24H35N/c1-22(2,3)18-14-19(23(4,5)6)16-20(15-18)24(7,8)17-25-21-12-10-9-11-13-21/h9-16,25H,17H2,1-8H3. The highest BCUT2D eigenvalue weighted by molar-refractivity contribution is 5.45. The Labute approximate surface area is 154 Å². The van der Waals surface area contributed by atoms with Gasteiger partial charge in [0.15, 0.2) is 0 Å². The van der Waals surface area contributed by atoms with Crippen LogP contribution < -0.4 is 5.32 Å². The number of rotatable bonds is 4. The Morgan fingerprint density at radius 1 is 0.640 bits per heavy atom. The molecule has 0 aliphatic carbocycles. The smallest absolute Gasteiger partial charge is 0.0340 e. The highest BCUT2D eigenvalue weighted by Gasteiger charge is 2.26. The van der Waals surface area contributed by atoms with Crippen molar-refractivity contribution in [3.05, 3.63) is 65.2 Å². The summed E-state index contributed by atoms with van der Waals surface area (Å²) in [4.78, 5) is 0. The van der Waals surface area contributed by atoms with Gasteiger partial charge in [0.25, 0.3) is 0 Å². The number of nitrogens with one attached hydrogen (secondary N) is 1. The molecule has 0 spiro atoms. The molecule has 0 aliphatic rings. The Morgan fingerprint density at radius 2 is 1.08 bits per heavy atom. The van der Waals surface area contributed by atoms with Gasteiger partial charge in [-0.25, -0.2) is 0 Å². The second-order valence-electron chi connectivity index (χ2n) is 9.90. The van der Waals surface area contributed by atoms with Gasteiger partial charge in [-0.2, -0.15) is 0 Å². The van der Waals surface area contributed by atoms with Crippen LogP contribution in [0.4, 0.5) is 5.69 Å². The molecule has 2 aromatic carbocycles. The van der Waals surface area contributed by atoms with Crippen LogP contribution in [0, 0.1) is 0 Å². The molecule has 0 aliphatic heterocycles. The number of anilines is 1. The van der Waals surface area contributed by atoms with Gasteiger partial charge >= 0.3 is 0 Å². The molecule has 0 unspecified atom stereocenters. The fraction of sp³-hybridized carbons (Fsp3) is 0.500. The summed E-state index contributed by atoms with van der Waals surface area (Å²) in [5.41, 5.74) is 5.78. The molecule has 2 rings (SSSR count). The summed E-state index contributed by atoms with van der Waals surface area (Å²) in [6.45, 7) is 19.4. The monoisotopic (exact) mass is 337 g/mol. The van der Waals surface area contributed by atoms with E-state index < -0.39 is 0 Å². The van der Waals surface area contributed by atoms with E-state index in [1.165, 1.54) is 22.4 Å². The van der Waals surface area contributed by atoms with Crippen LogP contribution in [0.2, 0.25) is 0 Å². The van der Waals surface area contributed by atoms with Gasteiger partial charge < -0.3 is 5.32 Å². The summed E-state index contributed by atoms with van der Waals surface area (Å²) in [6.07, 6.45) is 0. The molecule has 25 heavy (non-hydrogen) atoms. The first-order valence-electron chi connectivity index (χ1n) is 9.35. The maximum atomic E-state index is 3.60. The third-order valence-corrected chi connectivity index (χ3v) is 4.95. The van der Waals surface area contributed by atoms with Crippen molar-refractivity contribution in [1.29, 1.82) is 0 Å². The second kappa shape index (κ2) is 6.86. The molecule has 136 valence electrons. The van der Waals surface area contributed by atoms with Gasteiger partial charge in [-0.15, -0.1) is 0 Å². The lowest BCUT2D eigenvalue weighted by atomic mass is 9.75. The number of hydrogen-bond acceptors (Lipinski definition) is 1. The molecular formula is C24H35N. The molecule has 0 heterocycles. The third-order valence-electron chi connectivity index (χ3n) is 4.95. The van der Waals surface area contributed by atoms with Gasteiger partial charge in [-0.05, 0) is 39.7 Å². The number of hydrogen-bond donors (Lipinski definition) is 1. The average molecular weight is 338 g/mol. The fourth-order valence-electron chi connectivity index (χ4n) is 2.87. The molecule has 0 atom stereocenters. The van der Waals surface area contributed by atoms with E-state index >= 15 is 0 Å². The molecule has 1 heteroatoms. The largest absolute Gasteiger partial charge is 0.384 e. The van der Waals surface area contributed by atoms with E-state index in [9.17, 15) is 0 Å². The van der Waals surface area contributed by atoms with Gasteiger partial charge in [-0.1, -0.05) is 91.8 Å². The van der Waals surface area contributed by atoms with Crippen molar-refractivity contribution in [2.45, 2.75) is 71.6 Å². The van der Waals surface area contributed by atoms with E-state index in [4.69, 9.17) is 0 Å². The zero-order valence-electron chi connectivity index (χ0n) is 17.3. The summed E-state index contributed by atoms with van der Waals surface area (Å²) in [5, 5.41) is 3.60. The Kier molecular flexibility index (Phi) is 5.37. The van der Waals surface area contributed by atoms with Crippen molar-refractivity contribution in [3.8, 4) is 0 Å². The Morgan fingerprint density at radius 3 is 1.52 bits per heavy atom. The molecule has 0 radical (unpaired) electrons. The fourth-order valence-corrected chi connectivity index (χ4v) is 2.87. The predicted molar refractivity (Wildman–Crippen MR) is 112 cm³/mol. The lowest BCUT2D eigenvalue weighted by molar-refractivity contribution is 0.534. The minimum atomic E-state index is 0.0527. The van der Waals surface area contributed by atoms with Crippen molar-refractivity contribution < 1.29 is 0 Å². The van der Waals surface area contributed by atoms with Crippen LogP contribution in [-0.2, 0) is 16.2 Å². The summed E-state index contributed by atoms with van der Waals surface area (Å²) in [5.74, 6) is 0. The third kappa shape index (κ3) is 5.11. The van der Waals surface area contributed by atoms with E-state index in [1.807, 2.05) is 0 Å². The van der Waals surface area contributed by atoms with Crippen LogP contribution in [0.3, 0.4) is 0 Å². The molecule has 0 fully saturated rings. The van der Waals surface area contributed by atoms with Crippen molar-refractivity contribution in [2.24, 2.45) is 0 Å². The minimum Gasteiger partial charge on any atom is -0.384 e. The van der Waals surface area contributed by atoms with Crippen LogP contribution in [0.5, 0.6) is 0 Å². The highest BCUT2D eigenvalue weighted by atomic mass is 14.9. The molecular weight excluding hydrogens is 302 g/mol. The van der Waals surface area contributed by atoms with Crippen molar-refractivity contribution >= 4 is 5.69 Å². The lowest BCUT2D eigenvalue weighted by Gasteiger charge is -2.32. The summed E-state index contributed by atoms with van der Waals surface area (Å²) >= 11 is 0. The average Bonchev–Trinajstić information content (AvgIpc) is 2.52. The normalized spacial score (nSPS) is 13.0. The lowest BCUT2D eigenvalue weighted by Crippen LogP contribution is -2.29. The van der Waals surface area contributed by atoms with Crippen LogP contribution in [-0.4, -0.2) is 6.54 Å². The number of benzene rings is 2. The maximum Gasteiger partial charge on any atom is 0.0340 e. The van der Waals surface area contributed by atoms with Crippen LogP contribution >= 0.6 is 0 Å². The molecule has 1 nitrogen and oxygen atoms in total.